The number of carbonyl (C=O) groups excluding carboxylic acids is 2. The molecular formula is C22H30O2. The summed E-state index contributed by atoms with van der Waals surface area (Å²) in [5, 5.41) is 0. The van der Waals surface area contributed by atoms with Gasteiger partial charge >= 0.3 is 0 Å². The van der Waals surface area contributed by atoms with E-state index in [2.05, 4.69) is 13.8 Å². The highest BCUT2D eigenvalue weighted by molar-refractivity contribution is 5.93. The van der Waals surface area contributed by atoms with Gasteiger partial charge in [-0.05, 0) is 79.4 Å². The van der Waals surface area contributed by atoms with E-state index in [9.17, 15) is 9.59 Å². The van der Waals surface area contributed by atoms with E-state index in [0.717, 1.165) is 32.1 Å². The van der Waals surface area contributed by atoms with Crippen molar-refractivity contribution in [2.24, 2.45) is 22.7 Å². The van der Waals surface area contributed by atoms with Gasteiger partial charge in [0.25, 0.3) is 0 Å². The number of carbonyl (C=O) groups is 2. The monoisotopic (exact) mass is 326 g/mol. The Labute approximate surface area is 145 Å². The Morgan fingerprint density at radius 3 is 2.67 bits per heavy atom. The Morgan fingerprint density at radius 1 is 1.12 bits per heavy atom. The van der Waals surface area contributed by atoms with Gasteiger partial charge in [0, 0.05) is 18.3 Å². The van der Waals surface area contributed by atoms with Crippen molar-refractivity contribution < 1.29 is 9.59 Å². The van der Waals surface area contributed by atoms with E-state index in [1.165, 1.54) is 24.0 Å². The van der Waals surface area contributed by atoms with Crippen LogP contribution >= 0.6 is 0 Å². The van der Waals surface area contributed by atoms with Crippen LogP contribution in [0, 0.1) is 22.7 Å². The number of hydrogen-bond acceptors (Lipinski definition) is 2. The first-order valence-electron chi connectivity index (χ1n) is 9.89. The highest BCUT2D eigenvalue weighted by Gasteiger charge is 2.61. The van der Waals surface area contributed by atoms with E-state index in [4.69, 9.17) is 0 Å². The summed E-state index contributed by atoms with van der Waals surface area (Å²) in [4.78, 5) is 24.5. The third-order valence-electron chi connectivity index (χ3n) is 8.27. The van der Waals surface area contributed by atoms with Crippen molar-refractivity contribution in [2.75, 3.05) is 0 Å². The normalized spacial score (nSPS) is 41.5. The third kappa shape index (κ3) is 2.01. The second kappa shape index (κ2) is 5.41. The van der Waals surface area contributed by atoms with Crippen LogP contribution in [-0.2, 0) is 9.59 Å². The van der Waals surface area contributed by atoms with Crippen LogP contribution in [0.4, 0.5) is 0 Å². The first-order chi connectivity index (χ1) is 11.4. The molecule has 0 aromatic rings. The van der Waals surface area contributed by atoms with Gasteiger partial charge in [-0.3, -0.25) is 9.59 Å². The Kier molecular flexibility index (Phi) is 3.67. The lowest BCUT2D eigenvalue weighted by Crippen LogP contribution is -2.47. The van der Waals surface area contributed by atoms with Crippen molar-refractivity contribution in [3.05, 3.63) is 22.8 Å². The summed E-state index contributed by atoms with van der Waals surface area (Å²) in [6.07, 6.45) is 11.1. The van der Waals surface area contributed by atoms with Crippen LogP contribution in [0.1, 0.15) is 78.6 Å². The molecule has 4 rings (SSSR count). The Bertz CT molecular complexity index is 667. The van der Waals surface area contributed by atoms with Gasteiger partial charge in [-0.2, -0.15) is 0 Å². The van der Waals surface area contributed by atoms with Crippen molar-refractivity contribution in [1.29, 1.82) is 0 Å². The highest BCUT2D eigenvalue weighted by atomic mass is 16.1. The fourth-order valence-electron chi connectivity index (χ4n) is 6.65. The van der Waals surface area contributed by atoms with Crippen molar-refractivity contribution in [2.45, 2.75) is 78.6 Å². The summed E-state index contributed by atoms with van der Waals surface area (Å²) < 4.78 is 0. The molecule has 2 nitrogen and oxygen atoms in total. The lowest BCUT2D eigenvalue weighted by atomic mass is 9.51. The Morgan fingerprint density at radius 2 is 1.92 bits per heavy atom. The first kappa shape index (κ1) is 16.3. The first-order valence-corrected chi connectivity index (χ1v) is 9.89. The molecule has 2 heteroatoms. The number of Topliss-reactive ketones (excluding diaryl/α,β-unsaturated/α-hetero) is 1. The smallest absolute Gasteiger partial charge is 0.156 e. The van der Waals surface area contributed by atoms with E-state index in [0.29, 0.717) is 36.2 Å². The van der Waals surface area contributed by atoms with Crippen LogP contribution in [0.2, 0.25) is 0 Å². The summed E-state index contributed by atoms with van der Waals surface area (Å²) in [7, 11) is 0. The molecule has 0 N–H and O–H groups in total. The number of rotatable bonds is 2. The van der Waals surface area contributed by atoms with Crippen LogP contribution < -0.4 is 0 Å². The Hall–Kier alpha value is -1.18. The zero-order chi connectivity index (χ0) is 17.1. The molecule has 0 unspecified atom stereocenters. The maximum atomic E-state index is 12.8. The van der Waals surface area contributed by atoms with Crippen LogP contribution in [0.15, 0.2) is 22.8 Å². The fraction of sp³-hybridized carbons (Fsp3) is 0.727. The molecule has 0 amide bonds. The van der Waals surface area contributed by atoms with Crippen LogP contribution in [0.3, 0.4) is 0 Å². The topological polar surface area (TPSA) is 34.1 Å². The minimum Gasteiger partial charge on any atom is -0.299 e. The molecule has 0 saturated heterocycles. The highest BCUT2D eigenvalue weighted by Crippen LogP contribution is 2.67. The van der Waals surface area contributed by atoms with Crippen LogP contribution in [0.25, 0.3) is 0 Å². The molecular weight excluding hydrogens is 296 g/mol. The fourth-order valence-corrected chi connectivity index (χ4v) is 6.65. The quantitative estimate of drug-likeness (QED) is 0.701. The van der Waals surface area contributed by atoms with E-state index in [-0.39, 0.29) is 10.8 Å². The van der Waals surface area contributed by atoms with Crippen LogP contribution in [-0.4, -0.2) is 11.6 Å². The minimum absolute atomic E-state index is 0.124. The van der Waals surface area contributed by atoms with E-state index < -0.39 is 0 Å². The largest absolute Gasteiger partial charge is 0.299 e. The summed E-state index contributed by atoms with van der Waals surface area (Å²) in [5.41, 5.74) is 4.58. The molecule has 0 aromatic heterocycles. The summed E-state index contributed by atoms with van der Waals surface area (Å²) in [6.45, 7) is 6.69. The van der Waals surface area contributed by atoms with Gasteiger partial charge < -0.3 is 0 Å². The van der Waals surface area contributed by atoms with Gasteiger partial charge in [-0.15, -0.1) is 0 Å². The van der Waals surface area contributed by atoms with E-state index >= 15 is 0 Å². The van der Waals surface area contributed by atoms with Gasteiger partial charge in [0.2, 0.25) is 0 Å². The number of ketones is 2. The number of allylic oxidation sites excluding steroid dienone is 4. The second-order valence-corrected chi connectivity index (χ2v) is 8.96. The molecule has 0 spiro atoms. The molecule has 2 saturated carbocycles. The van der Waals surface area contributed by atoms with Crippen molar-refractivity contribution >= 4 is 11.6 Å². The van der Waals surface area contributed by atoms with Gasteiger partial charge in [0.1, 0.15) is 5.78 Å². The molecule has 0 radical (unpaired) electrons. The van der Waals surface area contributed by atoms with Crippen molar-refractivity contribution in [3.63, 3.8) is 0 Å². The minimum atomic E-state index is -0.124. The van der Waals surface area contributed by atoms with Crippen molar-refractivity contribution in [3.8, 4) is 0 Å². The molecule has 0 heterocycles. The number of fused-ring (bicyclic) bond motifs is 4. The SMILES string of the molecule is CCC(=O)[C@@]1(C)CC[C@H]2[C@H]3CCC4=CC(=O)CCC4=C3CC[C@]21C. The standard InChI is InChI=1S/C22H30O2/c1-4-20(24)22(3)12-10-19-18-7-5-14-13-15(23)6-8-16(14)17(18)9-11-21(19,22)2/h13,18-19H,4-12H2,1-3H3/t18-,19-,21+,22+/m0/s1. The van der Waals surface area contributed by atoms with Crippen LogP contribution in [0.5, 0.6) is 0 Å². The van der Waals surface area contributed by atoms with Gasteiger partial charge in [-0.1, -0.05) is 26.3 Å². The van der Waals surface area contributed by atoms with Gasteiger partial charge in [-0.25, -0.2) is 0 Å². The second-order valence-electron chi connectivity index (χ2n) is 8.96. The number of hydrogen-bond donors (Lipinski definition) is 0. The van der Waals surface area contributed by atoms with E-state index in [1.807, 2.05) is 13.0 Å². The molecule has 0 aromatic carbocycles. The molecule has 130 valence electrons. The maximum Gasteiger partial charge on any atom is 0.156 e. The third-order valence-corrected chi connectivity index (χ3v) is 8.27. The zero-order valence-corrected chi connectivity index (χ0v) is 15.4. The summed E-state index contributed by atoms with van der Waals surface area (Å²) >= 11 is 0. The maximum absolute atomic E-state index is 12.8. The molecule has 0 bridgehead atoms. The predicted molar refractivity (Wildman–Crippen MR) is 95.5 cm³/mol. The molecule has 4 aliphatic carbocycles. The predicted octanol–water partition coefficient (Wildman–Crippen LogP) is 5.18. The molecule has 24 heavy (non-hydrogen) atoms. The molecule has 4 atom stereocenters. The molecule has 4 aliphatic rings. The summed E-state index contributed by atoms with van der Waals surface area (Å²) in [6, 6.07) is 0. The van der Waals surface area contributed by atoms with Gasteiger partial charge in [0.15, 0.2) is 5.78 Å². The Balaban J connectivity index is 1.72. The average Bonchev–Trinajstić information content (AvgIpc) is 2.86. The molecule has 2 fully saturated rings. The lowest BCUT2D eigenvalue weighted by Gasteiger charge is -2.52. The van der Waals surface area contributed by atoms with Crippen molar-refractivity contribution in [1.82, 2.24) is 0 Å². The molecule has 0 aliphatic heterocycles. The zero-order valence-electron chi connectivity index (χ0n) is 15.4. The van der Waals surface area contributed by atoms with E-state index in [1.54, 1.807) is 5.57 Å². The summed E-state index contributed by atoms with van der Waals surface area (Å²) in [5.74, 6) is 2.11. The van der Waals surface area contributed by atoms with Gasteiger partial charge in [0.05, 0.1) is 0 Å². The average molecular weight is 326 g/mol. The lowest BCUT2D eigenvalue weighted by molar-refractivity contribution is -0.136.